The third kappa shape index (κ3) is 5.61. The minimum absolute atomic E-state index is 0.480. The lowest BCUT2D eigenvalue weighted by atomic mass is 10.0. The van der Waals surface area contributed by atoms with Gasteiger partial charge in [-0.2, -0.15) is 0 Å². The Morgan fingerprint density at radius 2 is 1.86 bits per heavy atom. The number of methoxy groups -OCH3 is 1. The second kappa shape index (κ2) is 7.28. The average molecular weight is 297 g/mol. The van der Waals surface area contributed by atoms with Crippen LogP contribution in [0.15, 0.2) is 24.3 Å². The van der Waals surface area contributed by atoms with E-state index in [9.17, 15) is 9.90 Å². The number of amides is 1. The molecule has 0 radical (unpaired) electrons. The fraction of sp³-hybridized carbons (Fsp3) is 0.533. The SMILES string of the molecule is COc1ccc([C@@H](NC(=O)OC(C)(C)C)[C@@H](O)CO)cc1. The first-order valence-corrected chi connectivity index (χ1v) is 6.69. The zero-order valence-corrected chi connectivity index (χ0v) is 12.8. The van der Waals surface area contributed by atoms with Gasteiger partial charge in [0.2, 0.25) is 0 Å². The lowest BCUT2D eigenvalue weighted by Gasteiger charge is -2.26. The van der Waals surface area contributed by atoms with E-state index in [1.54, 1.807) is 52.1 Å². The van der Waals surface area contributed by atoms with Gasteiger partial charge in [-0.05, 0) is 38.5 Å². The maximum atomic E-state index is 11.8. The lowest BCUT2D eigenvalue weighted by molar-refractivity contribution is 0.0316. The van der Waals surface area contributed by atoms with Gasteiger partial charge in [0.1, 0.15) is 17.5 Å². The topological polar surface area (TPSA) is 88.0 Å². The van der Waals surface area contributed by atoms with Crippen LogP contribution >= 0.6 is 0 Å². The summed E-state index contributed by atoms with van der Waals surface area (Å²) in [5.41, 5.74) is 0.00169. The molecule has 1 aromatic rings. The van der Waals surface area contributed by atoms with Crippen molar-refractivity contribution in [3.05, 3.63) is 29.8 Å². The van der Waals surface area contributed by atoms with Crippen molar-refractivity contribution in [3.8, 4) is 5.75 Å². The zero-order chi connectivity index (χ0) is 16.0. The average Bonchev–Trinajstić information content (AvgIpc) is 2.42. The van der Waals surface area contributed by atoms with Crippen molar-refractivity contribution in [2.45, 2.75) is 38.5 Å². The van der Waals surface area contributed by atoms with Crippen molar-refractivity contribution >= 4 is 6.09 Å². The molecule has 118 valence electrons. The van der Waals surface area contributed by atoms with Gasteiger partial charge in [0.05, 0.1) is 19.8 Å². The molecule has 0 aliphatic rings. The third-order valence-electron chi connectivity index (χ3n) is 2.72. The van der Waals surface area contributed by atoms with Crippen molar-refractivity contribution in [3.63, 3.8) is 0 Å². The molecule has 21 heavy (non-hydrogen) atoms. The zero-order valence-electron chi connectivity index (χ0n) is 12.8. The van der Waals surface area contributed by atoms with E-state index in [0.29, 0.717) is 11.3 Å². The van der Waals surface area contributed by atoms with E-state index in [1.807, 2.05) is 0 Å². The number of carbonyl (C=O) groups excluding carboxylic acids is 1. The number of alkyl carbamates (subject to hydrolysis) is 1. The Balaban J connectivity index is 2.87. The molecular weight excluding hydrogens is 274 g/mol. The Hall–Kier alpha value is -1.79. The van der Waals surface area contributed by atoms with Gasteiger partial charge in [-0.1, -0.05) is 12.1 Å². The summed E-state index contributed by atoms with van der Waals surface area (Å²) in [4.78, 5) is 11.8. The van der Waals surface area contributed by atoms with E-state index in [-0.39, 0.29) is 0 Å². The molecule has 1 rings (SSSR count). The van der Waals surface area contributed by atoms with E-state index in [2.05, 4.69) is 5.32 Å². The van der Waals surface area contributed by atoms with Crippen molar-refractivity contribution in [1.82, 2.24) is 5.32 Å². The van der Waals surface area contributed by atoms with Crippen LogP contribution in [0.2, 0.25) is 0 Å². The van der Waals surface area contributed by atoms with Gasteiger partial charge < -0.3 is 25.0 Å². The summed E-state index contributed by atoms with van der Waals surface area (Å²) in [5, 5.41) is 21.6. The molecule has 3 N–H and O–H groups in total. The first-order chi connectivity index (χ1) is 9.76. The molecular formula is C15H23NO5. The monoisotopic (exact) mass is 297 g/mol. The second-order valence-corrected chi connectivity index (χ2v) is 5.65. The van der Waals surface area contributed by atoms with Crippen molar-refractivity contribution in [2.75, 3.05) is 13.7 Å². The second-order valence-electron chi connectivity index (χ2n) is 5.65. The number of ether oxygens (including phenoxy) is 2. The van der Waals surface area contributed by atoms with Crippen LogP contribution in [0.3, 0.4) is 0 Å². The summed E-state index contributed by atoms with van der Waals surface area (Å²) in [5.74, 6) is 0.660. The molecule has 0 saturated carbocycles. The Labute approximate surface area is 124 Å². The predicted octanol–water partition coefficient (Wildman–Crippen LogP) is 1.61. The van der Waals surface area contributed by atoms with E-state index in [0.717, 1.165) is 0 Å². The molecule has 0 aromatic heterocycles. The maximum Gasteiger partial charge on any atom is 0.408 e. The van der Waals surface area contributed by atoms with Crippen LogP contribution in [-0.2, 0) is 4.74 Å². The number of aliphatic hydroxyl groups excluding tert-OH is 2. The highest BCUT2D eigenvalue weighted by Gasteiger charge is 2.25. The summed E-state index contributed by atoms with van der Waals surface area (Å²) in [7, 11) is 1.55. The smallest absolute Gasteiger partial charge is 0.408 e. The fourth-order valence-electron chi connectivity index (χ4n) is 1.75. The summed E-state index contributed by atoms with van der Waals surface area (Å²) in [6, 6.07) is 6.07. The van der Waals surface area contributed by atoms with Crippen LogP contribution in [-0.4, -0.2) is 41.7 Å². The first-order valence-electron chi connectivity index (χ1n) is 6.69. The molecule has 6 nitrogen and oxygen atoms in total. The molecule has 6 heteroatoms. The highest BCUT2D eigenvalue weighted by Crippen LogP contribution is 2.21. The summed E-state index contributed by atoms with van der Waals surface area (Å²) >= 11 is 0. The molecule has 0 unspecified atom stereocenters. The van der Waals surface area contributed by atoms with Crippen LogP contribution < -0.4 is 10.1 Å². The summed E-state index contributed by atoms with van der Waals surface area (Å²) in [6.45, 7) is 4.76. The number of benzene rings is 1. The highest BCUT2D eigenvalue weighted by molar-refractivity contribution is 5.68. The normalized spacial score (nSPS) is 14.2. The first kappa shape index (κ1) is 17.3. The molecule has 0 heterocycles. The molecule has 0 aliphatic heterocycles. The Morgan fingerprint density at radius 3 is 2.29 bits per heavy atom. The largest absolute Gasteiger partial charge is 0.497 e. The summed E-state index contributed by atoms with van der Waals surface area (Å²) in [6.07, 6.45) is -1.79. The van der Waals surface area contributed by atoms with Crippen LogP contribution in [0.25, 0.3) is 0 Å². The Morgan fingerprint density at radius 1 is 1.29 bits per heavy atom. The van der Waals surface area contributed by atoms with Crippen LogP contribution in [0.4, 0.5) is 4.79 Å². The van der Waals surface area contributed by atoms with Crippen LogP contribution in [0, 0.1) is 0 Å². The van der Waals surface area contributed by atoms with Gasteiger partial charge in [0, 0.05) is 0 Å². The minimum atomic E-state index is -1.13. The highest BCUT2D eigenvalue weighted by atomic mass is 16.6. The Kier molecular flexibility index (Phi) is 5.99. The van der Waals surface area contributed by atoms with Gasteiger partial charge in [-0.15, -0.1) is 0 Å². The molecule has 0 aliphatic carbocycles. The standard InChI is InChI=1S/C15H23NO5/c1-15(2,3)21-14(19)16-13(12(18)9-17)10-5-7-11(20-4)8-6-10/h5-8,12-13,17-18H,9H2,1-4H3,(H,16,19)/t12-,13+/m0/s1. The summed E-state index contributed by atoms with van der Waals surface area (Å²) < 4.78 is 10.2. The van der Waals surface area contributed by atoms with Crippen molar-refractivity contribution in [2.24, 2.45) is 0 Å². The van der Waals surface area contributed by atoms with E-state index in [4.69, 9.17) is 14.6 Å². The molecule has 1 amide bonds. The van der Waals surface area contributed by atoms with E-state index < -0.39 is 30.4 Å². The van der Waals surface area contributed by atoms with Gasteiger partial charge in [0.25, 0.3) is 0 Å². The third-order valence-corrected chi connectivity index (χ3v) is 2.72. The molecule has 0 fully saturated rings. The number of hydrogen-bond acceptors (Lipinski definition) is 5. The maximum absolute atomic E-state index is 11.8. The van der Waals surface area contributed by atoms with E-state index in [1.165, 1.54) is 0 Å². The predicted molar refractivity (Wildman–Crippen MR) is 78.2 cm³/mol. The van der Waals surface area contributed by atoms with Crippen molar-refractivity contribution < 1.29 is 24.5 Å². The van der Waals surface area contributed by atoms with Gasteiger partial charge in [-0.25, -0.2) is 4.79 Å². The Bertz CT molecular complexity index is 452. The quantitative estimate of drug-likeness (QED) is 0.768. The molecule has 0 spiro atoms. The van der Waals surface area contributed by atoms with Gasteiger partial charge in [-0.3, -0.25) is 0 Å². The molecule has 0 saturated heterocycles. The fourth-order valence-corrected chi connectivity index (χ4v) is 1.75. The number of aliphatic hydroxyl groups is 2. The molecule has 2 atom stereocenters. The lowest BCUT2D eigenvalue weighted by Crippen LogP contribution is -2.40. The number of hydrogen-bond donors (Lipinski definition) is 3. The number of carbonyl (C=O) groups is 1. The number of nitrogens with one attached hydrogen (secondary N) is 1. The molecule has 0 bridgehead atoms. The van der Waals surface area contributed by atoms with E-state index >= 15 is 0 Å². The number of rotatable bonds is 5. The van der Waals surface area contributed by atoms with Crippen molar-refractivity contribution in [1.29, 1.82) is 0 Å². The van der Waals surface area contributed by atoms with Crippen LogP contribution in [0.1, 0.15) is 32.4 Å². The molecule has 1 aromatic carbocycles. The van der Waals surface area contributed by atoms with Crippen LogP contribution in [0.5, 0.6) is 5.75 Å². The minimum Gasteiger partial charge on any atom is -0.497 e. The van der Waals surface area contributed by atoms with Gasteiger partial charge in [0.15, 0.2) is 0 Å². The van der Waals surface area contributed by atoms with Gasteiger partial charge >= 0.3 is 6.09 Å².